The van der Waals surface area contributed by atoms with Gasteiger partial charge in [0, 0.05) is 19.6 Å². The van der Waals surface area contributed by atoms with Crippen LogP contribution in [0.3, 0.4) is 0 Å². The maximum atomic E-state index is 12.8. The van der Waals surface area contributed by atoms with E-state index in [1.807, 2.05) is 6.92 Å². The molecule has 26 heavy (non-hydrogen) atoms. The second-order valence-electron chi connectivity index (χ2n) is 5.78. The fourth-order valence-corrected chi connectivity index (χ4v) is 3.94. The molecular weight excluding hydrogens is 375 g/mol. The average molecular weight is 395 g/mol. The summed E-state index contributed by atoms with van der Waals surface area (Å²) in [6, 6.07) is 3.06. The van der Waals surface area contributed by atoms with Crippen LogP contribution >= 0.6 is 0 Å². The van der Waals surface area contributed by atoms with Crippen molar-refractivity contribution in [1.82, 2.24) is 15.1 Å². The standard InChI is InChI=1S/C15H20F3N3O4S/c1-2-7-19-14(22)20-25-12-6-8-21(10-12)26(23,24)13-5-3-4-11(9-13)15(16,17)18/h3-5,9,12H,2,6-8,10H2,1H3,(H2,19,20,22). The lowest BCUT2D eigenvalue weighted by molar-refractivity contribution is -0.137. The van der Waals surface area contributed by atoms with E-state index in [4.69, 9.17) is 4.84 Å². The summed E-state index contributed by atoms with van der Waals surface area (Å²) in [6.07, 6.45) is -4.15. The summed E-state index contributed by atoms with van der Waals surface area (Å²) >= 11 is 0. The van der Waals surface area contributed by atoms with Gasteiger partial charge in [-0.1, -0.05) is 13.0 Å². The van der Waals surface area contributed by atoms with E-state index in [0.29, 0.717) is 19.0 Å². The van der Waals surface area contributed by atoms with Crippen molar-refractivity contribution in [2.45, 2.75) is 36.9 Å². The van der Waals surface area contributed by atoms with Gasteiger partial charge in [-0.25, -0.2) is 18.7 Å². The number of carbonyl (C=O) groups is 1. The quantitative estimate of drug-likeness (QED) is 0.723. The summed E-state index contributed by atoms with van der Waals surface area (Å²) in [4.78, 5) is 16.1. The van der Waals surface area contributed by atoms with Crippen LogP contribution in [0.2, 0.25) is 0 Å². The minimum absolute atomic E-state index is 0.0629. The van der Waals surface area contributed by atoms with Crippen LogP contribution < -0.4 is 10.8 Å². The maximum Gasteiger partial charge on any atom is 0.416 e. The number of hydroxylamine groups is 1. The first-order chi connectivity index (χ1) is 12.1. The lowest BCUT2D eigenvalue weighted by Crippen LogP contribution is -2.39. The van der Waals surface area contributed by atoms with E-state index < -0.39 is 38.8 Å². The van der Waals surface area contributed by atoms with Gasteiger partial charge in [-0.3, -0.25) is 4.84 Å². The van der Waals surface area contributed by atoms with Crippen LogP contribution in [0.15, 0.2) is 29.2 Å². The van der Waals surface area contributed by atoms with Gasteiger partial charge >= 0.3 is 12.2 Å². The van der Waals surface area contributed by atoms with Gasteiger partial charge in [0.1, 0.15) is 6.10 Å². The van der Waals surface area contributed by atoms with Gasteiger partial charge < -0.3 is 5.32 Å². The van der Waals surface area contributed by atoms with Gasteiger partial charge in [0.25, 0.3) is 0 Å². The minimum Gasteiger partial charge on any atom is -0.336 e. The molecule has 0 aliphatic carbocycles. The number of sulfonamides is 1. The molecule has 2 amide bonds. The molecular formula is C15H20F3N3O4S. The number of rotatable bonds is 6. The van der Waals surface area contributed by atoms with Crippen LogP contribution in [0, 0.1) is 0 Å². The molecule has 1 aliphatic rings. The summed E-state index contributed by atoms with van der Waals surface area (Å²) in [5.74, 6) is 0. The molecule has 1 aromatic rings. The van der Waals surface area contributed by atoms with E-state index in [0.717, 1.165) is 28.9 Å². The molecule has 0 radical (unpaired) electrons. The van der Waals surface area contributed by atoms with E-state index in [2.05, 4.69) is 10.8 Å². The number of nitrogens with one attached hydrogen (secondary N) is 2. The molecule has 1 aromatic carbocycles. The summed E-state index contributed by atoms with van der Waals surface area (Å²) in [7, 11) is -4.08. The molecule has 0 spiro atoms. The molecule has 7 nitrogen and oxygen atoms in total. The summed E-state index contributed by atoms with van der Waals surface area (Å²) in [5.41, 5.74) is 1.15. The van der Waals surface area contributed by atoms with Crippen LogP contribution in [0.25, 0.3) is 0 Å². The Balaban J connectivity index is 2.00. The van der Waals surface area contributed by atoms with Gasteiger partial charge in [-0.2, -0.15) is 17.5 Å². The van der Waals surface area contributed by atoms with Crippen LogP contribution in [0.5, 0.6) is 0 Å². The van der Waals surface area contributed by atoms with E-state index >= 15 is 0 Å². The highest BCUT2D eigenvalue weighted by molar-refractivity contribution is 7.89. The zero-order chi connectivity index (χ0) is 19.4. The third-order valence-corrected chi connectivity index (χ3v) is 5.62. The normalized spacial score (nSPS) is 18.7. The zero-order valence-electron chi connectivity index (χ0n) is 14.0. The first kappa shape index (κ1) is 20.5. The Kier molecular flexibility index (Phi) is 6.48. The van der Waals surface area contributed by atoms with Gasteiger partial charge in [-0.05, 0) is 31.0 Å². The third kappa shape index (κ3) is 5.08. The van der Waals surface area contributed by atoms with Crippen LogP contribution in [-0.2, 0) is 21.0 Å². The Morgan fingerprint density at radius 1 is 1.38 bits per heavy atom. The SMILES string of the molecule is CCCNC(=O)NOC1CCN(S(=O)(=O)c2cccc(C(F)(F)F)c2)C1. The first-order valence-corrected chi connectivity index (χ1v) is 9.45. The number of benzene rings is 1. The van der Waals surface area contributed by atoms with E-state index in [9.17, 15) is 26.4 Å². The topological polar surface area (TPSA) is 87.7 Å². The van der Waals surface area contributed by atoms with Crippen LogP contribution in [0.4, 0.5) is 18.0 Å². The Bertz CT molecular complexity index is 740. The highest BCUT2D eigenvalue weighted by Crippen LogP contribution is 2.31. The van der Waals surface area contributed by atoms with Crippen molar-refractivity contribution in [3.8, 4) is 0 Å². The number of amides is 2. The first-order valence-electron chi connectivity index (χ1n) is 8.01. The van der Waals surface area contributed by atoms with Gasteiger partial charge in [0.05, 0.1) is 10.5 Å². The van der Waals surface area contributed by atoms with E-state index in [1.165, 1.54) is 0 Å². The van der Waals surface area contributed by atoms with Gasteiger partial charge in [-0.15, -0.1) is 0 Å². The van der Waals surface area contributed by atoms with Crippen LogP contribution in [0.1, 0.15) is 25.3 Å². The predicted octanol–water partition coefficient (Wildman–Crippen LogP) is 2.11. The lowest BCUT2D eigenvalue weighted by atomic mass is 10.2. The molecule has 1 unspecified atom stereocenters. The Morgan fingerprint density at radius 2 is 2.12 bits per heavy atom. The second kappa shape index (κ2) is 8.23. The molecule has 1 atom stereocenters. The largest absolute Gasteiger partial charge is 0.416 e. The molecule has 2 N–H and O–H groups in total. The van der Waals surface area contributed by atoms with E-state index in [1.54, 1.807) is 0 Å². The summed E-state index contributed by atoms with van der Waals surface area (Å²) in [5, 5.41) is 2.53. The molecule has 1 aliphatic heterocycles. The molecule has 2 rings (SSSR count). The number of carbonyl (C=O) groups excluding carboxylic acids is 1. The predicted molar refractivity (Wildman–Crippen MR) is 86.5 cm³/mol. The molecule has 1 saturated heterocycles. The summed E-state index contributed by atoms with van der Waals surface area (Å²) < 4.78 is 64.5. The Morgan fingerprint density at radius 3 is 2.77 bits per heavy atom. The van der Waals surface area contributed by atoms with Crippen molar-refractivity contribution in [3.63, 3.8) is 0 Å². The Labute approximate surface area is 149 Å². The van der Waals surface area contributed by atoms with E-state index in [-0.39, 0.29) is 13.1 Å². The number of halogens is 3. The number of alkyl halides is 3. The fraction of sp³-hybridized carbons (Fsp3) is 0.533. The van der Waals surface area contributed by atoms with Crippen molar-refractivity contribution in [1.29, 1.82) is 0 Å². The number of urea groups is 1. The molecule has 0 saturated carbocycles. The second-order valence-corrected chi connectivity index (χ2v) is 7.71. The molecule has 1 fully saturated rings. The summed E-state index contributed by atoms with van der Waals surface area (Å²) in [6.45, 7) is 2.37. The fourth-order valence-electron chi connectivity index (χ4n) is 2.41. The molecule has 0 bridgehead atoms. The number of hydrogen-bond donors (Lipinski definition) is 2. The Hall–Kier alpha value is -1.85. The number of nitrogens with zero attached hydrogens (tertiary/aromatic N) is 1. The zero-order valence-corrected chi connectivity index (χ0v) is 14.9. The van der Waals surface area contributed by atoms with Crippen molar-refractivity contribution in [3.05, 3.63) is 29.8 Å². The molecule has 0 aromatic heterocycles. The lowest BCUT2D eigenvalue weighted by Gasteiger charge is -2.18. The monoisotopic (exact) mass is 395 g/mol. The van der Waals surface area contributed by atoms with Crippen molar-refractivity contribution in [2.75, 3.05) is 19.6 Å². The highest BCUT2D eigenvalue weighted by atomic mass is 32.2. The van der Waals surface area contributed by atoms with Crippen molar-refractivity contribution in [2.24, 2.45) is 0 Å². The van der Waals surface area contributed by atoms with Gasteiger partial charge in [0.2, 0.25) is 10.0 Å². The van der Waals surface area contributed by atoms with Crippen molar-refractivity contribution >= 4 is 16.1 Å². The molecule has 146 valence electrons. The van der Waals surface area contributed by atoms with Gasteiger partial charge in [0.15, 0.2) is 0 Å². The van der Waals surface area contributed by atoms with Crippen molar-refractivity contribution < 1.29 is 31.2 Å². The molecule has 11 heteroatoms. The minimum atomic E-state index is -4.63. The maximum absolute atomic E-state index is 12.8. The number of hydrogen-bond acceptors (Lipinski definition) is 4. The third-order valence-electron chi connectivity index (χ3n) is 3.76. The van der Waals surface area contributed by atoms with Crippen LogP contribution in [-0.4, -0.2) is 44.5 Å². The highest BCUT2D eigenvalue weighted by Gasteiger charge is 2.36. The molecule has 1 heterocycles. The average Bonchev–Trinajstić information content (AvgIpc) is 3.07. The smallest absolute Gasteiger partial charge is 0.336 e.